The van der Waals surface area contributed by atoms with E-state index in [1.54, 1.807) is 13.8 Å². The lowest BCUT2D eigenvalue weighted by Crippen LogP contribution is -2.29. The van der Waals surface area contributed by atoms with E-state index in [4.69, 9.17) is 18.9 Å². The standard InChI is InChI=1S/C24H19FN2O8.C18H11FN2O4/c1-3-32-23(30)34-19-15-6-5-11-26-18(15)20(35-24(31)33-4-2)17-16(19)21(28)27(22(17)29)12-13-7-9-14(25)10-8-13;19-10-5-3-9(4-6-10)8-21-17(24)12-13(18(21)25)16(23)14-11(15(12)22)2-1-7-20-14/h5-11H,3-4,12H2,1-2H3;1-7,24-25H,8H2. The molecule has 2 amide bonds. The lowest BCUT2D eigenvalue weighted by atomic mass is 9.89. The van der Waals surface area contributed by atoms with Crippen molar-refractivity contribution < 1.29 is 66.7 Å². The minimum absolute atomic E-state index is 0.00000671. The van der Waals surface area contributed by atoms with Crippen molar-refractivity contribution in [3.8, 4) is 23.3 Å². The largest absolute Gasteiger partial charge is 0.513 e. The van der Waals surface area contributed by atoms with Crippen molar-refractivity contribution in [1.82, 2.24) is 19.4 Å². The molecular weight excluding hydrogens is 790 g/mol. The number of ketones is 2. The molecule has 3 aromatic carbocycles. The fourth-order valence-electron chi connectivity index (χ4n) is 6.57. The normalized spacial score (nSPS) is 12.6. The second-order valence-corrected chi connectivity index (χ2v) is 12.9. The summed E-state index contributed by atoms with van der Waals surface area (Å²) in [4.78, 5) is 85.4. The van der Waals surface area contributed by atoms with Crippen molar-refractivity contribution in [3.63, 3.8) is 0 Å². The van der Waals surface area contributed by atoms with Crippen LogP contribution < -0.4 is 9.47 Å². The van der Waals surface area contributed by atoms with Crippen LogP contribution in [0.3, 0.4) is 0 Å². The third kappa shape index (κ3) is 7.32. The third-order valence-corrected chi connectivity index (χ3v) is 9.22. The molecule has 0 bridgehead atoms. The molecule has 0 unspecified atom stereocenters. The minimum Gasteiger partial charge on any atom is -0.494 e. The number of rotatable bonds is 8. The van der Waals surface area contributed by atoms with Gasteiger partial charge in [0.05, 0.1) is 37.4 Å². The van der Waals surface area contributed by atoms with Crippen LogP contribution in [-0.2, 0) is 22.6 Å². The molecule has 304 valence electrons. The van der Waals surface area contributed by atoms with E-state index in [1.165, 1.54) is 85.2 Å². The predicted molar refractivity (Wildman–Crippen MR) is 202 cm³/mol. The molecule has 8 rings (SSSR count). The predicted octanol–water partition coefficient (Wildman–Crippen LogP) is 6.50. The molecule has 0 radical (unpaired) electrons. The topological polar surface area (TPSA) is 214 Å². The smallest absolute Gasteiger partial charge is 0.494 e. The maximum Gasteiger partial charge on any atom is 0.513 e. The summed E-state index contributed by atoms with van der Waals surface area (Å²) in [6.07, 6.45) is 0.536. The van der Waals surface area contributed by atoms with E-state index in [-0.39, 0.29) is 82.2 Å². The number of pyridine rings is 2. The van der Waals surface area contributed by atoms with Crippen LogP contribution >= 0.6 is 0 Å². The van der Waals surface area contributed by atoms with Gasteiger partial charge in [-0.1, -0.05) is 24.3 Å². The van der Waals surface area contributed by atoms with Crippen LogP contribution in [0, 0.1) is 11.6 Å². The van der Waals surface area contributed by atoms with Crippen molar-refractivity contribution in [2.75, 3.05) is 13.2 Å². The van der Waals surface area contributed by atoms with Crippen LogP contribution in [0.2, 0.25) is 0 Å². The number of halogens is 2. The highest BCUT2D eigenvalue weighted by atomic mass is 19.1. The average Bonchev–Trinajstić information content (AvgIpc) is 3.63. The van der Waals surface area contributed by atoms with Crippen molar-refractivity contribution in [1.29, 1.82) is 0 Å². The maximum atomic E-state index is 13.5. The molecule has 0 fully saturated rings. The summed E-state index contributed by atoms with van der Waals surface area (Å²) < 4.78 is 47.7. The second kappa shape index (κ2) is 16.5. The zero-order valence-corrected chi connectivity index (χ0v) is 31.4. The Kier molecular flexibility index (Phi) is 11.0. The molecule has 1 aliphatic carbocycles. The van der Waals surface area contributed by atoms with Crippen LogP contribution in [0.5, 0.6) is 23.3 Å². The lowest BCUT2D eigenvalue weighted by molar-refractivity contribution is 0.0640. The highest BCUT2D eigenvalue weighted by Crippen LogP contribution is 2.45. The fourth-order valence-corrected chi connectivity index (χ4v) is 6.57. The van der Waals surface area contributed by atoms with Crippen LogP contribution in [0.1, 0.15) is 77.7 Å². The molecule has 0 saturated heterocycles. The van der Waals surface area contributed by atoms with Gasteiger partial charge in [-0.25, -0.2) is 18.4 Å². The van der Waals surface area contributed by atoms with Gasteiger partial charge in [-0.2, -0.15) is 0 Å². The van der Waals surface area contributed by atoms with Gasteiger partial charge in [-0.05, 0) is 73.5 Å². The molecule has 6 aromatic rings. The van der Waals surface area contributed by atoms with Gasteiger partial charge < -0.3 is 29.2 Å². The molecule has 2 aliphatic rings. The fraction of sp³-hybridized carbons (Fsp3) is 0.143. The zero-order chi connectivity index (χ0) is 42.8. The molecule has 0 atom stereocenters. The van der Waals surface area contributed by atoms with E-state index in [0.717, 1.165) is 9.47 Å². The van der Waals surface area contributed by atoms with E-state index in [2.05, 4.69) is 9.97 Å². The van der Waals surface area contributed by atoms with Gasteiger partial charge in [0.2, 0.25) is 23.3 Å². The molecule has 18 heteroatoms. The first-order valence-electron chi connectivity index (χ1n) is 18.0. The molecule has 2 N–H and O–H groups in total. The highest BCUT2D eigenvalue weighted by molar-refractivity contribution is 6.30. The summed E-state index contributed by atoms with van der Waals surface area (Å²) in [6, 6.07) is 16.6. The highest BCUT2D eigenvalue weighted by Gasteiger charge is 2.44. The van der Waals surface area contributed by atoms with Gasteiger partial charge in [0, 0.05) is 17.8 Å². The summed E-state index contributed by atoms with van der Waals surface area (Å²) in [5.41, 5.74) is -0.0902. The van der Waals surface area contributed by atoms with E-state index < -0.39 is 59.1 Å². The van der Waals surface area contributed by atoms with Crippen molar-refractivity contribution in [2.45, 2.75) is 26.9 Å². The number of aromatic hydroxyl groups is 2. The summed E-state index contributed by atoms with van der Waals surface area (Å²) in [6.45, 7) is 2.90. The average molecular weight is 821 g/mol. The number of amides is 2. The number of carbonyl (C=O) groups excluding carboxylic acids is 6. The molecule has 0 saturated carbocycles. The Morgan fingerprint density at radius 3 is 1.72 bits per heavy atom. The molecular formula is C42H30F2N4O12. The summed E-state index contributed by atoms with van der Waals surface area (Å²) in [7, 11) is 0. The number of aromatic nitrogens is 3. The molecule has 16 nitrogen and oxygen atoms in total. The number of carbonyl (C=O) groups is 6. The van der Waals surface area contributed by atoms with Crippen molar-refractivity contribution >= 4 is 46.6 Å². The Bertz CT molecular complexity index is 2610. The summed E-state index contributed by atoms with van der Waals surface area (Å²) in [5.74, 6) is -5.36. The first-order valence-corrected chi connectivity index (χ1v) is 18.0. The van der Waals surface area contributed by atoms with Crippen LogP contribution in [0.25, 0.3) is 10.9 Å². The number of ether oxygens (including phenoxy) is 4. The number of benzene rings is 3. The first kappa shape index (κ1) is 40.2. The van der Waals surface area contributed by atoms with Crippen molar-refractivity contribution in [2.24, 2.45) is 0 Å². The van der Waals surface area contributed by atoms with Crippen LogP contribution in [0.15, 0.2) is 85.2 Å². The Morgan fingerprint density at radius 2 is 1.13 bits per heavy atom. The number of hydrogen-bond donors (Lipinski definition) is 2. The zero-order valence-electron chi connectivity index (χ0n) is 31.4. The number of imide groups is 1. The number of nitrogens with zero attached hydrogens (tertiary/aromatic N) is 4. The second-order valence-electron chi connectivity index (χ2n) is 12.9. The molecule has 4 heterocycles. The van der Waals surface area contributed by atoms with E-state index in [9.17, 15) is 47.8 Å². The number of hydrogen-bond acceptors (Lipinski definition) is 14. The third-order valence-electron chi connectivity index (χ3n) is 9.22. The molecule has 0 spiro atoms. The lowest BCUT2D eigenvalue weighted by Gasteiger charge is -2.14. The maximum absolute atomic E-state index is 13.5. The molecule has 1 aliphatic heterocycles. The first-order chi connectivity index (χ1) is 28.8. The molecule has 3 aromatic heterocycles. The van der Waals surface area contributed by atoms with Gasteiger partial charge in [0.15, 0.2) is 11.5 Å². The molecule has 60 heavy (non-hydrogen) atoms. The minimum atomic E-state index is -1.11. The van der Waals surface area contributed by atoms with E-state index in [0.29, 0.717) is 11.1 Å². The summed E-state index contributed by atoms with van der Waals surface area (Å²) in [5, 5.41) is 21.0. The monoisotopic (exact) mass is 820 g/mol. The van der Waals surface area contributed by atoms with Crippen LogP contribution in [-0.4, -0.2) is 78.6 Å². The van der Waals surface area contributed by atoms with Gasteiger partial charge >= 0.3 is 12.3 Å². The van der Waals surface area contributed by atoms with E-state index >= 15 is 0 Å². The Morgan fingerprint density at radius 1 is 0.633 bits per heavy atom. The van der Waals surface area contributed by atoms with Crippen LogP contribution in [0.4, 0.5) is 18.4 Å². The van der Waals surface area contributed by atoms with Gasteiger partial charge in [-0.3, -0.25) is 38.6 Å². The summed E-state index contributed by atoms with van der Waals surface area (Å²) >= 11 is 0. The Hall–Kier alpha value is -8.02. The van der Waals surface area contributed by atoms with Gasteiger partial charge in [-0.15, -0.1) is 0 Å². The van der Waals surface area contributed by atoms with E-state index in [1.807, 2.05) is 0 Å². The quantitative estimate of drug-likeness (QED) is 0.0952. The SMILES string of the molecule is CCOC(=O)Oc1c2c(c(OC(=O)OCC)c3ncccc13)C(=O)N(Cc1ccc(F)cc1)C2=O.O=C1c2cccnc2C(=O)c2c1c(O)n(Cc1ccc(F)cc1)c2O. The Labute approximate surface area is 337 Å². The van der Waals surface area contributed by atoms with Gasteiger partial charge in [0.25, 0.3) is 11.8 Å². The Balaban J connectivity index is 0.000000191. The van der Waals surface area contributed by atoms with Crippen molar-refractivity contribution in [3.05, 3.63) is 141 Å². The van der Waals surface area contributed by atoms with Gasteiger partial charge in [0.1, 0.15) is 39.5 Å². The number of fused-ring (bicyclic) bond motifs is 4.